The molecule has 160 valence electrons. The van der Waals surface area contributed by atoms with Crippen LogP contribution in [0.2, 0.25) is 0 Å². The highest BCUT2D eigenvalue weighted by atomic mass is 16.5. The summed E-state index contributed by atoms with van der Waals surface area (Å²) in [7, 11) is 1.63. The Morgan fingerprint density at radius 1 is 1.13 bits per heavy atom. The summed E-state index contributed by atoms with van der Waals surface area (Å²) in [6.07, 6.45) is 3.28. The van der Waals surface area contributed by atoms with Crippen LogP contribution in [0.25, 0.3) is 16.7 Å². The molecule has 0 unspecified atom stereocenters. The molecule has 1 fully saturated rings. The van der Waals surface area contributed by atoms with E-state index < -0.39 is 0 Å². The topological polar surface area (TPSA) is 89.6 Å². The lowest BCUT2D eigenvalue weighted by atomic mass is 10.1. The SMILES string of the molecule is COc1ccc(Cn2c(=O)n3ncnc3c3cc(CN4CCN[C@H](C)C4)cnc32)cc1. The Kier molecular flexibility index (Phi) is 5.13. The number of nitrogens with one attached hydrogen (secondary N) is 1. The number of nitrogens with zero attached hydrogens (tertiary/aromatic N) is 6. The van der Waals surface area contributed by atoms with E-state index in [4.69, 9.17) is 9.72 Å². The summed E-state index contributed by atoms with van der Waals surface area (Å²) in [6, 6.07) is 10.2. The standard InChI is InChI=1S/C22H25N7O2/c1-15-11-27(8-7-23-15)12-17-9-19-20(24-10-17)28(22(30)29-21(19)25-14-26-29)13-16-3-5-18(31-2)6-4-16/h3-6,9-10,14-15,23H,7-8,11-13H2,1-2H3/t15-/m1/s1. The second-order valence-corrected chi connectivity index (χ2v) is 8.02. The molecule has 4 aromatic rings. The molecule has 0 aliphatic carbocycles. The summed E-state index contributed by atoms with van der Waals surface area (Å²) < 4.78 is 8.23. The number of fused-ring (bicyclic) bond motifs is 3. The minimum Gasteiger partial charge on any atom is -0.497 e. The highest BCUT2D eigenvalue weighted by Gasteiger charge is 2.18. The van der Waals surface area contributed by atoms with Crippen molar-refractivity contribution in [2.24, 2.45) is 0 Å². The van der Waals surface area contributed by atoms with E-state index >= 15 is 0 Å². The zero-order valence-corrected chi connectivity index (χ0v) is 17.7. The fraction of sp³-hybridized carbons (Fsp3) is 0.364. The normalized spacial score (nSPS) is 17.4. The van der Waals surface area contributed by atoms with Gasteiger partial charge in [0.2, 0.25) is 0 Å². The number of ether oxygens (including phenoxy) is 1. The van der Waals surface area contributed by atoms with Gasteiger partial charge in [0.1, 0.15) is 17.7 Å². The van der Waals surface area contributed by atoms with Crippen molar-refractivity contribution < 1.29 is 4.74 Å². The van der Waals surface area contributed by atoms with E-state index in [1.807, 2.05) is 30.5 Å². The molecule has 0 bridgehead atoms. The number of piperazine rings is 1. The van der Waals surface area contributed by atoms with Gasteiger partial charge in [-0.15, -0.1) is 0 Å². The zero-order chi connectivity index (χ0) is 21.4. The summed E-state index contributed by atoms with van der Waals surface area (Å²) in [5.74, 6) is 0.776. The van der Waals surface area contributed by atoms with E-state index in [1.165, 1.54) is 10.8 Å². The Labute approximate surface area is 179 Å². The monoisotopic (exact) mass is 419 g/mol. The van der Waals surface area contributed by atoms with E-state index in [1.54, 1.807) is 11.7 Å². The van der Waals surface area contributed by atoms with Gasteiger partial charge in [0.25, 0.3) is 0 Å². The van der Waals surface area contributed by atoms with Gasteiger partial charge < -0.3 is 10.1 Å². The van der Waals surface area contributed by atoms with Crippen molar-refractivity contribution in [1.29, 1.82) is 0 Å². The van der Waals surface area contributed by atoms with Gasteiger partial charge in [-0.1, -0.05) is 12.1 Å². The van der Waals surface area contributed by atoms with Crippen molar-refractivity contribution in [3.63, 3.8) is 0 Å². The molecule has 1 saturated heterocycles. The molecule has 1 aromatic carbocycles. The average molecular weight is 419 g/mol. The molecule has 0 radical (unpaired) electrons. The number of aromatic nitrogens is 5. The molecule has 3 aromatic heterocycles. The minimum atomic E-state index is -0.257. The van der Waals surface area contributed by atoms with Crippen LogP contribution in [0.1, 0.15) is 18.1 Å². The van der Waals surface area contributed by atoms with E-state index in [9.17, 15) is 4.79 Å². The first-order chi connectivity index (χ1) is 15.1. The average Bonchev–Trinajstić information content (AvgIpc) is 3.28. The highest BCUT2D eigenvalue weighted by molar-refractivity contribution is 5.89. The van der Waals surface area contributed by atoms with Crippen LogP contribution in [0.15, 0.2) is 47.7 Å². The Morgan fingerprint density at radius 3 is 2.74 bits per heavy atom. The van der Waals surface area contributed by atoms with Gasteiger partial charge in [0.15, 0.2) is 5.65 Å². The Hall–Kier alpha value is -3.30. The lowest BCUT2D eigenvalue weighted by Crippen LogP contribution is -2.48. The quantitative estimate of drug-likeness (QED) is 0.521. The molecule has 0 amide bonds. The highest BCUT2D eigenvalue weighted by Crippen LogP contribution is 2.19. The van der Waals surface area contributed by atoms with Crippen LogP contribution >= 0.6 is 0 Å². The number of benzene rings is 1. The molecule has 0 spiro atoms. The third kappa shape index (κ3) is 3.77. The van der Waals surface area contributed by atoms with Gasteiger partial charge >= 0.3 is 5.69 Å². The number of hydrogen-bond donors (Lipinski definition) is 1. The molecule has 31 heavy (non-hydrogen) atoms. The fourth-order valence-electron chi connectivity index (χ4n) is 4.21. The van der Waals surface area contributed by atoms with Crippen molar-refractivity contribution in [2.45, 2.75) is 26.1 Å². The van der Waals surface area contributed by atoms with Gasteiger partial charge in [-0.05, 0) is 36.2 Å². The predicted octanol–water partition coefficient (Wildman–Crippen LogP) is 1.29. The first-order valence-electron chi connectivity index (χ1n) is 10.4. The van der Waals surface area contributed by atoms with Crippen LogP contribution < -0.4 is 15.7 Å². The predicted molar refractivity (Wildman–Crippen MR) is 117 cm³/mol. The Balaban J connectivity index is 1.56. The van der Waals surface area contributed by atoms with Crippen LogP contribution in [0, 0.1) is 0 Å². The first-order valence-corrected chi connectivity index (χ1v) is 10.4. The second kappa shape index (κ2) is 8.09. The summed E-state index contributed by atoms with van der Waals surface area (Å²) in [5, 5.41) is 8.45. The van der Waals surface area contributed by atoms with Crippen LogP contribution in [0.5, 0.6) is 5.75 Å². The number of methoxy groups -OCH3 is 1. The lowest BCUT2D eigenvalue weighted by Gasteiger charge is -2.31. The number of hydrogen-bond acceptors (Lipinski definition) is 7. The maximum Gasteiger partial charge on any atom is 0.352 e. The zero-order valence-electron chi connectivity index (χ0n) is 17.7. The fourth-order valence-corrected chi connectivity index (χ4v) is 4.21. The van der Waals surface area contributed by atoms with E-state index in [0.29, 0.717) is 23.9 Å². The maximum absolute atomic E-state index is 13.1. The molecular weight excluding hydrogens is 394 g/mol. The van der Waals surface area contributed by atoms with Crippen LogP contribution in [0.4, 0.5) is 0 Å². The molecule has 1 aliphatic heterocycles. The van der Waals surface area contributed by atoms with E-state index in [-0.39, 0.29) is 5.69 Å². The summed E-state index contributed by atoms with van der Waals surface area (Å²) in [6.45, 7) is 6.37. The van der Waals surface area contributed by atoms with Gasteiger partial charge in [-0.2, -0.15) is 9.61 Å². The largest absolute Gasteiger partial charge is 0.497 e. The Morgan fingerprint density at radius 2 is 1.97 bits per heavy atom. The Bertz CT molecular complexity index is 1280. The van der Waals surface area contributed by atoms with Crippen molar-refractivity contribution in [3.8, 4) is 5.75 Å². The van der Waals surface area contributed by atoms with Gasteiger partial charge in [0.05, 0.1) is 19.0 Å². The van der Waals surface area contributed by atoms with Crippen LogP contribution in [0.3, 0.4) is 0 Å². The molecule has 9 nitrogen and oxygen atoms in total. The minimum absolute atomic E-state index is 0.257. The third-order valence-corrected chi connectivity index (χ3v) is 5.74. The van der Waals surface area contributed by atoms with E-state index in [2.05, 4.69) is 33.3 Å². The lowest BCUT2D eigenvalue weighted by molar-refractivity contribution is 0.199. The van der Waals surface area contributed by atoms with Gasteiger partial charge in [-0.25, -0.2) is 14.8 Å². The van der Waals surface area contributed by atoms with Gasteiger partial charge in [-0.3, -0.25) is 9.47 Å². The van der Waals surface area contributed by atoms with E-state index in [0.717, 1.165) is 48.4 Å². The molecule has 1 atom stereocenters. The first kappa shape index (κ1) is 19.7. The number of rotatable bonds is 5. The molecule has 0 saturated carbocycles. The van der Waals surface area contributed by atoms with Crippen molar-refractivity contribution in [3.05, 3.63) is 64.5 Å². The molecule has 5 rings (SSSR count). The summed E-state index contributed by atoms with van der Waals surface area (Å²) in [4.78, 5) is 24.6. The van der Waals surface area contributed by atoms with Crippen molar-refractivity contribution in [1.82, 2.24) is 34.4 Å². The molecule has 1 N–H and O–H groups in total. The van der Waals surface area contributed by atoms with Crippen molar-refractivity contribution in [2.75, 3.05) is 26.7 Å². The third-order valence-electron chi connectivity index (χ3n) is 5.74. The molecule has 9 heteroatoms. The van der Waals surface area contributed by atoms with Crippen molar-refractivity contribution >= 4 is 16.7 Å². The molecule has 4 heterocycles. The second-order valence-electron chi connectivity index (χ2n) is 8.02. The smallest absolute Gasteiger partial charge is 0.352 e. The summed E-state index contributed by atoms with van der Waals surface area (Å²) in [5.41, 5.74) is 2.96. The van der Waals surface area contributed by atoms with Crippen LogP contribution in [-0.4, -0.2) is 61.8 Å². The summed E-state index contributed by atoms with van der Waals surface area (Å²) >= 11 is 0. The maximum atomic E-state index is 13.1. The van der Waals surface area contributed by atoms with Crippen LogP contribution in [-0.2, 0) is 13.1 Å². The molecule has 1 aliphatic rings. The number of pyridine rings is 1. The van der Waals surface area contributed by atoms with Gasteiger partial charge in [0, 0.05) is 38.4 Å². The molecular formula is C22H25N7O2.